The Labute approximate surface area is 147 Å². The molecule has 1 saturated heterocycles. The summed E-state index contributed by atoms with van der Waals surface area (Å²) in [5.41, 5.74) is 2.61. The van der Waals surface area contributed by atoms with E-state index < -0.39 is 0 Å². The molecule has 0 atom stereocenters. The molecule has 1 heterocycles. The van der Waals surface area contributed by atoms with Gasteiger partial charge < -0.3 is 15.3 Å². The van der Waals surface area contributed by atoms with Crippen LogP contribution in [0.3, 0.4) is 0 Å². The Morgan fingerprint density at radius 1 is 1.24 bits per heavy atom. The van der Waals surface area contributed by atoms with Gasteiger partial charge in [-0.15, -0.1) is 0 Å². The highest BCUT2D eigenvalue weighted by molar-refractivity contribution is 6.06. The van der Waals surface area contributed by atoms with Gasteiger partial charge in [0.05, 0.1) is 11.4 Å². The molecule has 0 bridgehead atoms. The fourth-order valence-corrected chi connectivity index (χ4v) is 3.19. The van der Waals surface area contributed by atoms with E-state index in [-0.39, 0.29) is 18.3 Å². The number of carbonyl (C=O) groups excluding carboxylic acids is 1. The summed E-state index contributed by atoms with van der Waals surface area (Å²) in [6, 6.07) is 12.1. The quantitative estimate of drug-likeness (QED) is 0.893. The van der Waals surface area contributed by atoms with Crippen molar-refractivity contribution in [2.45, 2.75) is 19.8 Å². The third kappa shape index (κ3) is 3.99. The fourth-order valence-electron chi connectivity index (χ4n) is 3.19. The number of piperidine rings is 1. The summed E-state index contributed by atoms with van der Waals surface area (Å²) in [6.07, 6.45) is 1.88. The number of nitrogens with zero attached hydrogens (tertiary/aromatic N) is 1. The largest absolute Gasteiger partial charge is 0.396 e. The van der Waals surface area contributed by atoms with E-state index in [9.17, 15) is 14.3 Å². The van der Waals surface area contributed by atoms with Crippen molar-refractivity contribution < 1.29 is 14.3 Å². The van der Waals surface area contributed by atoms with Gasteiger partial charge in [0.25, 0.3) is 5.91 Å². The van der Waals surface area contributed by atoms with E-state index in [1.807, 2.05) is 24.3 Å². The van der Waals surface area contributed by atoms with Gasteiger partial charge >= 0.3 is 0 Å². The molecule has 5 heteroatoms. The van der Waals surface area contributed by atoms with Crippen LogP contribution in [0, 0.1) is 18.7 Å². The standard InChI is InChI=1S/C20H23FN2O2/c1-14-12-16(6-7-17(14)21)20(25)22-18-4-2-3-5-19(18)23-10-8-15(13-24)9-11-23/h2-7,12,15,24H,8-11,13H2,1H3,(H,22,25). The number of hydrogen-bond donors (Lipinski definition) is 2. The number of aliphatic hydroxyl groups excluding tert-OH is 1. The molecule has 0 spiro atoms. The molecule has 0 saturated carbocycles. The molecule has 2 aromatic carbocycles. The van der Waals surface area contributed by atoms with E-state index in [0.29, 0.717) is 17.0 Å². The van der Waals surface area contributed by atoms with Gasteiger partial charge in [-0.1, -0.05) is 12.1 Å². The van der Waals surface area contributed by atoms with Gasteiger partial charge in [0.15, 0.2) is 0 Å². The van der Waals surface area contributed by atoms with Crippen molar-refractivity contribution in [3.05, 3.63) is 59.4 Å². The van der Waals surface area contributed by atoms with Gasteiger partial charge in [-0.2, -0.15) is 0 Å². The maximum atomic E-state index is 13.4. The molecule has 132 valence electrons. The number of anilines is 2. The normalized spacial score (nSPS) is 15.2. The van der Waals surface area contributed by atoms with Crippen molar-refractivity contribution in [3.63, 3.8) is 0 Å². The van der Waals surface area contributed by atoms with E-state index in [1.54, 1.807) is 13.0 Å². The molecule has 1 aliphatic rings. The van der Waals surface area contributed by atoms with Crippen LogP contribution in [0.1, 0.15) is 28.8 Å². The Morgan fingerprint density at radius 2 is 1.96 bits per heavy atom. The van der Waals surface area contributed by atoms with Crippen molar-refractivity contribution in [1.29, 1.82) is 0 Å². The van der Waals surface area contributed by atoms with Gasteiger partial charge in [-0.3, -0.25) is 4.79 Å². The lowest BCUT2D eigenvalue weighted by Gasteiger charge is -2.34. The average Bonchev–Trinajstić information content (AvgIpc) is 2.64. The Kier molecular flexibility index (Phi) is 5.34. The molecule has 0 aliphatic carbocycles. The van der Waals surface area contributed by atoms with Crippen molar-refractivity contribution in [1.82, 2.24) is 0 Å². The minimum absolute atomic E-state index is 0.232. The summed E-state index contributed by atoms with van der Waals surface area (Å²) in [5, 5.41) is 12.2. The highest BCUT2D eigenvalue weighted by Gasteiger charge is 2.21. The van der Waals surface area contributed by atoms with E-state index in [4.69, 9.17) is 0 Å². The Hall–Kier alpha value is -2.40. The van der Waals surface area contributed by atoms with Crippen LogP contribution < -0.4 is 10.2 Å². The molecule has 1 fully saturated rings. The maximum Gasteiger partial charge on any atom is 0.255 e. The number of para-hydroxylation sites is 2. The molecule has 2 aromatic rings. The highest BCUT2D eigenvalue weighted by atomic mass is 19.1. The second kappa shape index (κ2) is 7.66. The number of benzene rings is 2. The lowest BCUT2D eigenvalue weighted by molar-refractivity contribution is 0.102. The van der Waals surface area contributed by atoms with Crippen LogP contribution in [0.15, 0.2) is 42.5 Å². The minimum atomic E-state index is -0.316. The minimum Gasteiger partial charge on any atom is -0.396 e. The first-order chi connectivity index (χ1) is 12.1. The number of aliphatic hydroxyl groups is 1. The summed E-state index contributed by atoms with van der Waals surface area (Å²) in [6.45, 7) is 3.59. The number of rotatable bonds is 4. The molecule has 0 aromatic heterocycles. The van der Waals surface area contributed by atoms with Gasteiger partial charge in [0.1, 0.15) is 5.82 Å². The zero-order chi connectivity index (χ0) is 17.8. The maximum absolute atomic E-state index is 13.4. The highest BCUT2D eigenvalue weighted by Crippen LogP contribution is 2.30. The molecule has 1 amide bonds. The fraction of sp³-hybridized carbons (Fsp3) is 0.350. The Balaban J connectivity index is 1.77. The van der Waals surface area contributed by atoms with E-state index in [1.165, 1.54) is 12.1 Å². The van der Waals surface area contributed by atoms with E-state index >= 15 is 0 Å². The topological polar surface area (TPSA) is 52.6 Å². The lowest BCUT2D eigenvalue weighted by atomic mass is 9.97. The molecule has 3 rings (SSSR count). The molecule has 25 heavy (non-hydrogen) atoms. The van der Waals surface area contributed by atoms with Crippen LogP contribution in [-0.2, 0) is 0 Å². The predicted octanol–water partition coefficient (Wildman–Crippen LogP) is 3.60. The van der Waals surface area contributed by atoms with Gasteiger partial charge in [0.2, 0.25) is 0 Å². The van der Waals surface area contributed by atoms with Crippen LogP contribution in [0.5, 0.6) is 0 Å². The SMILES string of the molecule is Cc1cc(C(=O)Nc2ccccc2N2CCC(CO)CC2)ccc1F. The Morgan fingerprint density at radius 3 is 2.64 bits per heavy atom. The summed E-state index contributed by atoms with van der Waals surface area (Å²) in [5.74, 6) is -0.204. The zero-order valence-corrected chi connectivity index (χ0v) is 14.3. The van der Waals surface area contributed by atoms with Crippen molar-refractivity contribution >= 4 is 17.3 Å². The second-order valence-corrected chi connectivity index (χ2v) is 6.55. The zero-order valence-electron chi connectivity index (χ0n) is 14.3. The number of aryl methyl sites for hydroxylation is 1. The van der Waals surface area contributed by atoms with Crippen LogP contribution in [0.2, 0.25) is 0 Å². The predicted molar refractivity (Wildman–Crippen MR) is 97.6 cm³/mol. The molecule has 0 unspecified atom stereocenters. The van der Waals surface area contributed by atoms with Gasteiger partial charge in [-0.05, 0) is 61.6 Å². The molecule has 4 nitrogen and oxygen atoms in total. The summed E-state index contributed by atoms with van der Waals surface area (Å²) < 4.78 is 13.4. The summed E-state index contributed by atoms with van der Waals surface area (Å²) in [7, 11) is 0. The van der Waals surface area contributed by atoms with Gasteiger partial charge in [0, 0.05) is 25.3 Å². The summed E-state index contributed by atoms with van der Waals surface area (Å²) in [4.78, 5) is 14.8. The third-order valence-electron chi connectivity index (χ3n) is 4.79. The number of hydrogen-bond acceptors (Lipinski definition) is 3. The van der Waals surface area contributed by atoms with E-state index in [2.05, 4.69) is 10.2 Å². The molecule has 1 aliphatic heterocycles. The van der Waals surface area contributed by atoms with Crippen molar-refractivity contribution in [3.8, 4) is 0 Å². The second-order valence-electron chi connectivity index (χ2n) is 6.55. The number of nitrogens with one attached hydrogen (secondary N) is 1. The molecular weight excluding hydrogens is 319 g/mol. The first kappa shape index (κ1) is 17.4. The van der Waals surface area contributed by atoms with Crippen LogP contribution in [0.25, 0.3) is 0 Å². The lowest BCUT2D eigenvalue weighted by Crippen LogP contribution is -2.35. The van der Waals surface area contributed by atoms with Gasteiger partial charge in [-0.25, -0.2) is 4.39 Å². The first-order valence-corrected chi connectivity index (χ1v) is 8.61. The average molecular weight is 342 g/mol. The van der Waals surface area contributed by atoms with Crippen LogP contribution in [0.4, 0.5) is 15.8 Å². The number of carbonyl (C=O) groups is 1. The number of amides is 1. The molecule has 0 radical (unpaired) electrons. The van der Waals surface area contributed by atoms with Crippen LogP contribution in [-0.4, -0.2) is 30.7 Å². The van der Waals surface area contributed by atoms with E-state index in [0.717, 1.165) is 37.3 Å². The smallest absolute Gasteiger partial charge is 0.255 e. The molecule has 2 N–H and O–H groups in total. The summed E-state index contributed by atoms with van der Waals surface area (Å²) >= 11 is 0. The Bertz CT molecular complexity index is 755. The monoisotopic (exact) mass is 342 g/mol. The number of halogens is 1. The van der Waals surface area contributed by atoms with Crippen molar-refractivity contribution in [2.75, 3.05) is 29.9 Å². The van der Waals surface area contributed by atoms with Crippen molar-refractivity contribution in [2.24, 2.45) is 5.92 Å². The third-order valence-corrected chi connectivity index (χ3v) is 4.79. The van der Waals surface area contributed by atoms with Crippen LogP contribution >= 0.6 is 0 Å². The molecular formula is C20H23FN2O2. The first-order valence-electron chi connectivity index (χ1n) is 8.61.